The number of hydrogen-bond donors (Lipinski definition) is 1. The molecule has 2 aromatic rings. The second-order valence-corrected chi connectivity index (χ2v) is 7.96. The average Bonchev–Trinajstić information content (AvgIpc) is 2.53. The lowest BCUT2D eigenvalue weighted by Crippen LogP contribution is -2.32. The third kappa shape index (κ3) is 4.56. The first-order chi connectivity index (χ1) is 10.9. The van der Waals surface area contributed by atoms with Crippen LogP contribution in [0.4, 0.5) is 0 Å². The second kappa shape index (κ2) is 7.62. The third-order valence-electron chi connectivity index (χ3n) is 3.51. The van der Waals surface area contributed by atoms with Gasteiger partial charge in [0.05, 0.1) is 16.2 Å². The van der Waals surface area contributed by atoms with E-state index in [1.54, 1.807) is 30.3 Å². The van der Waals surface area contributed by atoms with Crippen molar-refractivity contribution in [1.29, 1.82) is 0 Å². The van der Waals surface area contributed by atoms with Gasteiger partial charge < -0.3 is 10.5 Å². The fraction of sp³-hybridized carbons (Fsp3) is 0.333. The van der Waals surface area contributed by atoms with Crippen molar-refractivity contribution >= 4 is 9.84 Å². The van der Waals surface area contributed by atoms with Gasteiger partial charge in [-0.05, 0) is 50.1 Å². The molecule has 0 aromatic heterocycles. The molecule has 1 atom stereocenters. The molecule has 5 heteroatoms. The fourth-order valence-corrected chi connectivity index (χ4v) is 3.99. The predicted molar refractivity (Wildman–Crippen MR) is 92.4 cm³/mol. The predicted octanol–water partition coefficient (Wildman–Crippen LogP) is 2.82. The molecule has 1 unspecified atom stereocenters. The van der Waals surface area contributed by atoms with Gasteiger partial charge in [0.1, 0.15) is 5.75 Å². The van der Waals surface area contributed by atoms with Gasteiger partial charge in [-0.15, -0.1) is 0 Å². The maximum Gasteiger partial charge on any atom is 0.182 e. The summed E-state index contributed by atoms with van der Waals surface area (Å²) in [6.07, 6.45) is 0.437. The van der Waals surface area contributed by atoms with Crippen LogP contribution in [0.25, 0.3) is 0 Å². The second-order valence-electron chi connectivity index (χ2n) is 5.73. The highest BCUT2D eigenvalue weighted by Gasteiger charge is 2.26. The highest BCUT2D eigenvalue weighted by molar-refractivity contribution is 7.92. The molecule has 0 aliphatic carbocycles. The van der Waals surface area contributed by atoms with E-state index in [2.05, 4.69) is 0 Å². The van der Waals surface area contributed by atoms with E-state index in [1.807, 2.05) is 38.1 Å². The van der Waals surface area contributed by atoms with E-state index in [-0.39, 0.29) is 12.6 Å². The molecule has 23 heavy (non-hydrogen) atoms. The minimum Gasteiger partial charge on any atom is -0.491 e. The Morgan fingerprint density at radius 1 is 1.04 bits per heavy atom. The maximum absolute atomic E-state index is 12.7. The minimum absolute atomic E-state index is 0.0728. The van der Waals surface area contributed by atoms with E-state index in [4.69, 9.17) is 10.5 Å². The van der Waals surface area contributed by atoms with E-state index in [0.29, 0.717) is 11.3 Å². The summed E-state index contributed by atoms with van der Waals surface area (Å²) < 4.78 is 31.1. The lowest BCUT2D eigenvalue weighted by molar-refractivity contribution is 0.242. The van der Waals surface area contributed by atoms with Crippen LogP contribution in [0.15, 0.2) is 59.5 Å². The van der Waals surface area contributed by atoms with Gasteiger partial charge in [0.15, 0.2) is 9.84 Å². The zero-order valence-corrected chi connectivity index (χ0v) is 14.3. The van der Waals surface area contributed by atoms with Crippen molar-refractivity contribution in [3.05, 3.63) is 60.2 Å². The van der Waals surface area contributed by atoms with Crippen LogP contribution in [0.5, 0.6) is 5.75 Å². The van der Waals surface area contributed by atoms with E-state index >= 15 is 0 Å². The van der Waals surface area contributed by atoms with E-state index in [9.17, 15) is 8.42 Å². The van der Waals surface area contributed by atoms with Gasteiger partial charge in [-0.1, -0.05) is 30.3 Å². The van der Waals surface area contributed by atoms with Crippen LogP contribution < -0.4 is 10.5 Å². The Balaban J connectivity index is 2.23. The standard InChI is InChI=1S/C18H23NO3S/c1-14(2)22-16-8-6-7-15(11-16)12-18(13-19)23(20,21)17-9-4-3-5-10-17/h3-11,14,18H,12-13,19H2,1-2H3. The Labute approximate surface area is 138 Å². The molecular formula is C18H23NO3S. The van der Waals surface area contributed by atoms with Gasteiger partial charge in [-0.25, -0.2) is 8.42 Å². The molecule has 0 aliphatic rings. The quantitative estimate of drug-likeness (QED) is 0.846. The summed E-state index contributed by atoms with van der Waals surface area (Å²) in [6.45, 7) is 3.98. The van der Waals surface area contributed by atoms with Crippen molar-refractivity contribution in [1.82, 2.24) is 0 Å². The number of nitrogens with two attached hydrogens (primary N) is 1. The van der Waals surface area contributed by atoms with Crippen molar-refractivity contribution in [3.63, 3.8) is 0 Å². The van der Waals surface area contributed by atoms with E-state index < -0.39 is 15.1 Å². The van der Waals surface area contributed by atoms with Crippen molar-refractivity contribution in [2.45, 2.75) is 36.5 Å². The Morgan fingerprint density at radius 2 is 1.74 bits per heavy atom. The van der Waals surface area contributed by atoms with Crippen LogP contribution in [0.1, 0.15) is 19.4 Å². The summed E-state index contributed by atoms with van der Waals surface area (Å²) in [7, 11) is -3.45. The van der Waals surface area contributed by atoms with Crippen LogP contribution in [-0.4, -0.2) is 26.3 Å². The first-order valence-corrected chi connectivity index (χ1v) is 9.22. The summed E-state index contributed by atoms with van der Waals surface area (Å²) >= 11 is 0. The fourth-order valence-electron chi connectivity index (χ4n) is 2.40. The van der Waals surface area contributed by atoms with Crippen molar-refractivity contribution < 1.29 is 13.2 Å². The molecule has 0 heterocycles. The topological polar surface area (TPSA) is 69.4 Å². The van der Waals surface area contributed by atoms with Crippen molar-refractivity contribution in [2.24, 2.45) is 5.73 Å². The molecule has 4 nitrogen and oxygen atoms in total. The Morgan fingerprint density at radius 3 is 2.35 bits per heavy atom. The minimum atomic E-state index is -3.45. The Hall–Kier alpha value is -1.85. The number of sulfone groups is 1. The lowest BCUT2D eigenvalue weighted by Gasteiger charge is -2.17. The third-order valence-corrected chi connectivity index (χ3v) is 5.67. The highest BCUT2D eigenvalue weighted by atomic mass is 32.2. The smallest absolute Gasteiger partial charge is 0.182 e. The van der Waals surface area contributed by atoms with Crippen LogP contribution in [0.2, 0.25) is 0 Å². The SMILES string of the molecule is CC(C)Oc1cccc(CC(CN)S(=O)(=O)c2ccccc2)c1. The summed E-state index contributed by atoms with van der Waals surface area (Å²) in [4.78, 5) is 0.310. The molecule has 0 aliphatic heterocycles. The van der Waals surface area contributed by atoms with Crippen molar-refractivity contribution in [2.75, 3.05) is 6.54 Å². The highest BCUT2D eigenvalue weighted by Crippen LogP contribution is 2.21. The van der Waals surface area contributed by atoms with E-state index in [0.717, 1.165) is 11.3 Å². The van der Waals surface area contributed by atoms with Gasteiger partial charge in [0, 0.05) is 6.54 Å². The summed E-state index contributed by atoms with van der Waals surface area (Å²) in [6, 6.07) is 16.0. The molecule has 0 bridgehead atoms. The van der Waals surface area contributed by atoms with Crippen molar-refractivity contribution in [3.8, 4) is 5.75 Å². The van der Waals surface area contributed by atoms with Crippen LogP contribution in [-0.2, 0) is 16.3 Å². The number of hydrogen-bond acceptors (Lipinski definition) is 4. The molecular weight excluding hydrogens is 310 g/mol. The molecule has 2 N–H and O–H groups in total. The summed E-state index contributed by atoms with van der Waals surface area (Å²) in [5, 5.41) is -0.654. The van der Waals surface area contributed by atoms with Gasteiger partial charge in [0.25, 0.3) is 0 Å². The Bertz CT molecular complexity index is 727. The first kappa shape index (κ1) is 17.5. The maximum atomic E-state index is 12.7. The van der Waals surface area contributed by atoms with E-state index in [1.165, 1.54) is 0 Å². The van der Waals surface area contributed by atoms with Crippen LogP contribution in [0.3, 0.4) is 0 Å². The monoisotopic (exact) mass is 333 g/mol. The Kier molecular flexibility index (Phi) is 5.80. The molecule has 0 saturated carbocycles. The number of rotatable bonds is 7. The molecule has 0 amide bonds. The van der Waals surface area contributed by atoms with Crippen LogP contribution in [0, 0.1) is 0 Å². The average molecular weight is 333 g/mol. The molecule has 0 fully saturated rings. The van der Waals surface area contributed by atoms with Crippen LogP contribution >= 0.6 is 0 Å². The first-order valence-electron chi connectivity index (χ1n) is 7.68. The van der Waals surface area contributed by atoms with Gasteiger partial charge in [-0.3, -0.25) is 0 Å². The number of ether oxygens (including phenoxy) is 1. The molecule has 0 spiro atoms. The van der Waals surface area contributed by atoms with Gasteiger partial charge >= 0.3 is 0 Å². The molecule has 0 radical (unpaired) electrons. The molecule has 2 rings (SSSR count). The largest absolute Gasteiger partial charge is 0.491 e. The van der Waals surface area contributed by atoms with Gasteiger partial charge in [-0.2, -0.15) is 0 Å². The lowest BCUT2D eigenvalue weighted by atomic mass is 10.1. The summed E-state index contributed by atoms with van der Waals surface area (Å²) in [5.41, 5.74) is 6.65. The van der Waals surface area contributed by atoms with Gasteiger partial charge in [0.2, 0.25) is 0 Å². The molecule has 124 valence electrons. The molecule has 0 saturated heterocycles. The number of benzene rings is 2. The zero-order chi connectivity index (χ0) is 16.9. The molecule has 2 aromatic carbocycles. The zero-order valence-electron chi connectivity index (χ0n) is 13.5. The summed E-state index contributed by atoms with van der Waals surface area (Å²) in [5.74, 6) is 0.741. The normalized spacial score (nSPS) is 13.0.